The summed E-state index contributed by atoms with van der Waals surface area (Å²) in [5, 5.41) is 14.4. The van der Waals surface area contributed by atoms with Crippen LogP contribution in [0.25, 0.3) is 0 Å². The summed E-state index contributed by atoms with van der Waals surface area (Å²) in [6.45, 7) is 10.5. The summed E-state index contributed by atoms with van der Waals surface area (Å²) >= 11 is 6.74. The molecule has 1 aromatic carbocycles. The lowest BCUT2D eigenvalue weighted by atomic mass is 9.83. The van der Waals surface area contributed by atoms with Gasteiger partial charge in [-0.05, 0) is 44.9 Å². The first-order valence-corrected chi connectivity index (χ1v) is 17.1. The molecule has 13 nitrogen and oxygen atoms in total. The molecule has 276 valence electrons. The average molecular weight is 720 g/mol. The Morgan fingerprint density at radius 1 is 1.20 bits per heavy atom. The van der Waals surface area contributed by atoms with Crippen LogP contribution in [0.4, 0.5) is 10.5 Å². The van der Waals surface area contributed by atoms with E-state index in [1.165, 1.54) is 31.1 Å². The monoisotopic (exact) mass is 719 g/mol. The SMILES string of the molecule is COc1cc2cc(c1Cl)N(C)C(=O)C[C@H](OC(=O)[C@@H](C)N(C)C(=O)C(C)C)[C@@]1(C)O[C@@H]1[C@H](C)[C@H]1C[C@@](O)(NC(=O)O1)[C@H](OC)C=CC=C(C)C2. The quantitative estimate of drug-likeness (QED) is 0.323. The molecular formula is C36H50ClN3O10. The zero-order valence-electron chi connectivity index (χ0n) is 30.4. The molecule has 50 heavy (non-hydrogen) atoms. The molecule has 2 N–H and O–H groups in total. The predicted molar refractivity (Wildman–Crippen MR) is 186 cm³/mol. The number of epoxide rings is 1. The van der Waals surface area contributed by atoms with Crippen LogP contribution in [0.5, 0.6) is 5.75 Å². The number of nitrogens with zero attached hydrogens (tertiary/aromatic N) is 2. The van der Waals surface area contributed by atoms with Gasteiger partial charge in [-0.15, -0.1) is 0 Å². The van der Waals surface area contributed by atoms with Crippen LogP contribution in [-0.4, -0.2) is 104 Å². The molecule has 1 aromatic rings. The Morgan fingerprint density at radius 3 is 2.50 bits per heavy atom. The van der Waals surface area contributed by atoms with Gasteiger partial charge in [0.25, 0.3) is 0 Å². The van der Waals surface area contributed by atoms with Crippen molar-refractivity contribution in [3.8, 4) is 5.75 Å². The summed E-state index contributed by atoms with van der Waals surface area (Å²) in [6.07, 6.45) is 1.00. The highest BCUT2D eigenvalue weighted by molar-refractivity contribution is 6.35. The van der Waals surface area contributed by atoms with E-state index < -0.39 is 65.7 Å². The number of carbonyl (C=O) groups is 4. The number of allylic oxidation sites excluding steroid dienone is 3. The largest absolute Gasteiger partial charge is 0.495 e. The highest BCUT2D eigenvalue weighted by atomic mass is 35.5. The molecule has 3 heterocycles. The number of amides is 3. The maximum Gasteiger partial charge on any atom is 0.409 e. The minimum Gasteiger partial charge on any atom is -0.495 e. The van der Waals surface area contributed by atoms with Crippen molar-refractivity contribution in [3.63, 3.8) is 0 Å². The zero-order chi connectivity index (χ0) is 37.3. The van der Waals surface area contributed by atoms with Gasteiger partial charge in [-0.25, -0.2) is 9.59 Å². The van der Waals surface area contributed by atoms with Gasteiger partial charge < -0.3 is 38.6 Å². The number of benzene rings is 1. The molecule has 3 aliphatic rings. The molecule has 0 aliphatic carbocycles. The molecule has 4 rings (SSSR count). The van der Waals surface area contributed by atoms with E-state index in [1.54, 1.807) is 66.0 Å². The number of hydrogen-bond acceptors (Lipinski definition) is 10. The van der Waals surface area contributed by atoms with Crippen LogP contribution < -0.4 is 15.0 Å². The molecule has 2 fully saturated rings. The molecule has 3 amide bonds. The first-order valence-electron chi connectivity index (χ1n) is 16.7. The summed E-state index contributed by atoms with van der Waals surface area (Å²) in [5.74, 6) is -1.88. The first-order chi connectivity index (χ1) is 23.4. The second-order valence-corrected chi connectivity index (χ2v) is 14.4. The number of carbonyl (C=O) groups excluding carboxylic acids is 4. The molecule has 8 atom stereocenters. The molecule has 0 radical (unpaired) electrons. The van der Waals surface area contributed by atoms with Crippen LogP contribution in [0.1, 0.15) is 59.9 Å². The van der Waals surface area contributed by atoms with Gasteiger partial charge in [-0.2, -0.15) is 0 Å². The molecule has 0 saturated carbocycles. The third-order valence-corrected chi connectivity index (χ3v) is 10.4. The van der Waals surface area contributed by atoms with Gasteiger partial charge in [0, 0.05) is 39.5 Å². The number of alkyl carbamates (subject to hydrolysis) is 1. The number of nitrogens with one attached hydrogen (secondary N) is 1. The van der Waals surface area contributed by atoms with Crippen LogP contribution in [0.3, 0.4) is 0 Å². The van der Waals surface area contributed by atoms with Gasteiger partial charge in [0.15, 0.2) is 5.72 Å². The van der Waals surface area contributed by atoms with E-state index in [4.69, 9.17) is 35.3 Å². The topological polar surface area (TPSA) is 156 Å². The Morgan fingerprint density at radius 2 is 1.88 bits per heavy atom. The third kappa shape index (κ3) is 8.11. The molecular weight excluding hydrogens is 670 g/mol. The highest BCUT2D eigenvalue weighted by Gasteiger charge is 2.64. The van der Waals surface area contributed by atoms with Crippen molar-refractivity contribution < 1.29 is 48.0 Å². The Balaban J connectivity index is 1.78. The van der Waals surface area contributed by atoms with Crippen LogP contribution >= 0.6 is 11.6 Å². The van der Waals surface area contributed by atoms with Gasteiger partial charge in [-0.3, -0.25) is 14.9 Å². The van der Waals surface area contributed by atoms with Gasteiger partial charge in [0.2, 0.25) is 11.8 Å². The maximum atomic E-state index is 14.1. The fourth-order valence-corrected chi connectivity index (χ4v) is 6.91. The van der Waals surface area contributed by atoms with Crippen molar-refractivity contribution in [2.45, 2.75) is 103 Å². The van der Waals surface area contributed by atoms with Gasteiger partial charge in [0.1, 0.15) is 40.7 Å². The fraction of sp³-hybridized carbons (Fsp3) is 0.611. The lowest BCUT2D eigenvalue weighted by Crippen LogP contribution is -2.63. The third-order valence-electron chi connectivity index (χ3n) is 9.97. The maximum absolute atomic E-state index is 14.1. The van der Waals surface area contributed by atoms with E-state index in [1.807, 2.05) is 13.0 Å². The van der Waals surface area contributed by atoms with E-state index in [9.17, 15) is 24.3 Å². The van der Waals surface area contributed by atoms with Crippen LogP contribution in [0, 0.1) is 11.8 Å². The number of esters is 1. The van der Waals surface area contributed by atoms with Crippen LogP contribution in [-0.2, 0) is 39.8 Å². The Kier molecular flexibility index (Phi) is 12.0. The summed E-state index contributed by atoms with van der Waals surface area (Å²) in [6, 6.07) is 2.63. The highest BCUT2D eigenvalue weighted by Crippen LogP contribution is 2.49. The van der Waals surface area contributed by atoms with E-state index >= 15 is 0 Å². The van der Waals surface area contributed by atoms with Crippen LogP contribution in [0.15, 0.2) is 35.9 Å². The number of anilines is 1. The molecule has 14 heteroatoms. The standard InChI is InChI=1S/C36H50ClN3O10/c1-19(2)32(42)39(7)22(5)33(43)49-28-17-29(41)40(8)24-15-23(16-25(46-9)30(24)37)14-20(3)12-11-13-27(47-10)36(45)18-26(48-34(44)38-36)21(4)31-35(28,6)50-31/h11-13,15-16,19,21-22,26-28,31,45H,14,17-18H2,1-10H3,(H,38,44)/t21-,22-,26-,27-,28+,31-,35-,36+/m1/s1. The second-order valence-electron chi connectivity index (χ2n) is 14.0. The minimum absolute atomic E-state index is 0.0449. The number of aliphatic hydroxyl groups is 1. The number of likely N-dealkylation sites (N-methyl/N-ethyl adjacent to an activating group) is 1. The van der Waals surface area contributed by atoms with E-state index in [0.717, 1.165) is 11.1 Å². The summed E-state index contributed by atoms with van der Waals surface area (Å²) in [5.41, 5.74) is -0.881. The lowest BCUT2D eigenvalue weighted by molar-refractivity contribution is -0.162. The number of fused-ring (bicyclic) bond motifs is 5. The predicted octanol–water partition coefficient (Wildman–Crippen LogP) is 4.17. The summed E-state index contributed by atoms with van der Waals surface area (Å²) in [4.78, 5) is 55.8. The van der Waals surface area contributed by atoms with Crippen molar-refractivity contribution in [1.82, 2.24) is 10.2 Å². The Labute approximate surface area is 298 Å². The molecule has 2 saturated heterocycles. The normalized spacial score (nSPS) is 30.8. The number of hydrogen-bond donors (Lipinski definition) is 2. The smallest absolute Gasteiger partial charge is 0.409 e. The van der Waals surface area contributed by atoms with Crippen molar-refractivity contribution in [3.05, 3.63) is 46.5 Å². The zero-order valence-corrected chi connectivity index (χ0v) is 31.2. The van der Waals surface area contributed by atoms with Gasteiger partial charge in [0.05, 0.1) is 25.3 Å². The average Bonchev–Trinajstić information content (AvgIpc) is 3.76. The fourth-order valence-electron chi connectivity index (χ4n) is 6.60. The minimum atomic E-state index is -1.82. The number of halogens is 1. The van der Waals surface area contributed by atoms with E-state index in [-0.39, 0.29) is 29.7 Å². The molecule has 0 unspecified atom stereocenters. The first kappa shape index (κ1) is 39.1. The Bertz CT molecular complexity index is 1550. The Hall–Kier alpha value is -3.65. The number of rotatable bonds is 6. The van der Waals surface area contributed by atoms with E-state index in [2.05, 4.69) is 5.32 Å². The molecule has 0 aromatic heterocycles. The summed E-state index contributed by atoms with van der Waals surface area (Å²) in [7, 11) is 6.02. The van der Waals surface area contributed by atoms with Crippen molar-refractivity contribution in [1.29, 1.82) is 0 Å². The molecule has 4 bridgehead atoms. The van der Waals surface area contributed by atoms with E-state index in [0.29, 0.717) is 17.9 Å². The number of ether oxygens (including phenoxy) is 5. The van der Waals surface area contributed by atoms with Crippen molar-refractivity contribution in [2.75, 3.05) is 33.2 Å². The van der Waals surface area contributed by atoms with Crippen molar-refractivity contribution in [2.24, 2.45) is 11.8 Å². The van der Waals surface area contributed by atoms with Crippen molar-refractivity contribution >= 4 is 41.2 Å². The molecule has 0 spiro atoms. The summed E-state index contributed by atoms with van der Waals surface area (Å²) < 4.78 is 29.1. The number of methoxy groups -OCH3 is 2. The van der Waals surface area contributed by atoms with Crippen LogP contribution in [0.2, 0.25) is 5.02 Å². The van der Waals surface area contributed by atoms with Gasteiger partial charge >= 0.3 is 12.1 Å². The lowest BCUT2D eigenvalue weighted by Gasteiger charge is -2.42. The molecule has 3 aliphatic heterocycles. The van der Waals surface area contributed by atoms with Gasteiger partial charge in [-0.1, -0.05) is 56.2 Å². The second kappa shape index (κ2) is 15.3.